The lowest BCUT2D eigenvalue weighted by atomic mass is 9.83. The van der Waals surface area contributed by atoms with Gasteiger partial charge in [-0.3, -0.25) is 0 Å². The summed E-state index contributed by atoms with van der Waals surface area (Å²) in [5, 5.41) is 9.83. The molecule has 0 amide bonds. The molecule has 3 aromatic rings. The largest absolute Gasteiger partial charge is 0.494 e. The first-order valence-electron chi connectivity index (χ1n) is 12.4. The molecule has 37 heavy (non-hydrogen) atoms. The minimum absolute atomic E-state index is 0.0186. The van der Waals surface area contributed by atoms with Crippen LogP contribution in [-0.4, -0.2) is 19.2 Å². The summed E-state index contributed by atoms with van der Waals surface area (Å²) in [4.78, 5) is 12.9. The third kappa shape index (κ3) is 5.87. The zero-order valence-electron chi connectivity index (χ0n) is 21.0. The first kappa shape index (κ1) is 25.6. The number of hydrogen-bond donors (Lipinski definition) is 1. The summed E-state index contributed by atoms with van der Waals surface area (Å²) in [6.07, 6.45) is 2.86. The number of carbonyl (C=O) groups is 1. The fourth-order valence-electron chi connectivity index (χ4n) is 4.07. The summed E-state index contributed by atoms with van der Waals surface area (Å²) in [6, 6.07) is 21.9. The Morgan fingerprint density at radius 2 is 1.73 bits per heavy atom. The van der Waals surface area contributed by atoms with E-state index in [0.717, 1.165) is 36.1 Å². The number of nitrogens with zero attached hydrogens (tertiary/aromatic N) is 1. The molecule has 4 rings (SSSR count). The molecule has 0 fully saturated rings. The second kappa shape index (κ2) is 12.0. The van der Waals surface area contributed by atoms with Gasteiger partial charge < -0.3 is 24.7 Å². The van der Waals surface area contributed by atoms with Gasteiger partial charge in [-0.25, -0.2) is 4.79 Å². The smallest absolute Gasteiger partial charge is 0.347 e. The third-order valence-corrected chi connectivity index (χ3v) is 5.95. The summed E-state index contributed by atoms with van der Waals surface area (Å²) >= 11 is 0. The zero-order chi connectivity index (χ0) is 26.2. The van der Waals surface area contributed by atoms with Crippen LogP contribution in [-0.2, 0) is 0 Å². The molecule has 3 aromatic carbocycles. The summed E-state index contributed by atoms with van der Waals surface area (Å²) in [5.74, 6) is 1.00. The Bertz CT molecular complexity index is 1320. The van der Waals surface area contributed by atoms with E-state index in [-0.39, 0.29) is 5.88 Å². The maximum Gasteiger partial charge on any atom is 0.347 e. The topological polar surface area (TPSA) is 104 Å². The van der Waals surface area contributed by atoms with Crippen molar-refractivity contribution in [3.63, 3.8) is 0 Å². The van der Waals surface area contributed by atoms with Crippen LogP contribution >= 0.6 is 0 Å². The van der Waals surface area contributed by atoms with Crippen LogP contribution in [0.1, 0.15) is 60.5 Å². The van der Waals surface area contributed by atoms with Crippen molar-refractivity contribution >= 4 is 5.97 Å². The summed E-state index contributed by atoms with van der Waals surface area (Å²) in [5.41, 5.74) is 8.41. The van der Waals surface area contributed by atoms with Crippen LogP contribution in [0.5, 0.6) is 23.0 Å². The Morgan fingerprint density at radius 1 is 0.973 bits per heavy atom. The van der Waals surface area contributed by atoms with E-state index < -0.39 is 11.9 Å². The predicted molar refractivity (Wildman–Crippen MR) is 140 cm³/mol. The van der Waals surface area contributed by atoms with Crippen molar-refractivity contribution < 1.29 is 23.7 Å². The second-order valence-corrected chi connectivity index (χ2v) is 8.63. The van der Waals surface area contributed by atoms with Gasteiger partial charge in [-0.1, -0.05) is 50.6 Å². The first-order chi connectivity index (χ1) is 18.0. The number of para-hydroxylation sites is 1. The van der Waals surface area contributed by atoms with Crippen molar-refractivity contribution in [2.24, 2.45) is 5.73 Å². The van der Waals surface area contributed by atoms with E-state index in [1.54, 1.807) is 42.5 Å². The highest BCUT2D eigenvalue weighted by atomic mass is 16.5. The van der Waals surface area contributed by atoms with Crippen LogP contribution in [0.25, 0.3) is 0 Å². The van der Waals surface area contributed by atoms with Crippen LogP contribution in [0.4, 0.5) is 0 Å². The van der Waals surface area contributed by atoms with Crippen LogP contribution in [0.3, 0.4) is 0 Å². The molecule has 0 radical (unpaired) electrons. The Balaban J connectivity index is 1.59. The van der Waals surface area contributed by atoms with Crippen LogP contribution in [0.15, 0.2) is 78.2 Å². The molecular formula is C30H30N2O5. The van der Waals surface area contributed by atoms with Crippen molar-refractivity contribution in [2.45, 2.75) is 39.0 Å². The maximum absolute atomic E-state index is 12.9. The van der Waals surface area contributed by atoms with Gasteiger partial charge >= 0.3 is 5.97 Å². The molecule has 1 aliphatic heterocycles. The lowest BCUT2D eigenvalue weighted by Crippen LogP contribution is -2.21. The molecule has 7 heteroatoms. The highest BCUT2D eigenvalue weighted by Crippen LogP contribution is 2.43. The molecular weight excluding hydrogens is 468 g/mol. The van der Waals surface area contributed by atoms with Gasteiger partial charge in [0, 0.05) is 11.6 Å². The summed E-state index contributed by atoms with van der Waals surface area (Å²) in [6.45, 7) is 5.26. The fraction of sp³-hybridized carbons (Fsp3) is 0.267. The second-order valence-electron chi connectivity index (χ2n) is 8.63. The van der Waals surface area contributed by atoms with Gasteiger partial charge in [0.1, 0.15) is 40.2 Å². The molecule has 0 saturated heterocycles. The molecule has 0 aliphatic carbocycles. The number of nitriles is 1. The van der Waals surface area contributed by atoms with E-state index in [4.69, 9.17) is 24.7 Å². The zero-order valence-corrected chi connectivity index (χ0v) is 21.0. The Morgan fingerprint density at radius 3 is 2.46 bits per heavy atom. The van der Waals surface area contributed by atoms with Gasteiger partial charge in [0.25, 0.3) is 0 Å². The molecule has 1 aliphatic rings. The van der Waals surface area contributed by atoms with Crippen molar-refractivity contribution in [3.05, 3.63) is 94.9 Å². The number of rotatable bonds is 10. The molecule has 1 atom stereocenters. The van der Waals surface area contributed by atoms with Crippen molar-refractivity contribution in [3.8, 4) is 29.1 Å². The number of carbonyl (C=O) groups excluding carboxylic acids is 1. The van der Waals surface area contributed by atoms with E-state index in [2.05, 4.69) is 13.0 Å². The summed E-state index contributed by atoms with van der Waals surface area (Å²) in [7, 11) is 0. The normalized spacial score (nSPS) is 14.2. The van der Waals surface area contributed by atoms with Crippen molar-refractivity contribution in [1.29, 1.82) is 5.26 Å². The number of unbranched alkanes of at least 4 members (excludes halogenated alkanes) is 1. The number of esters is 1. The molecule has 7 nitrogen and oxygen atoms in total. The third-order valence-electron chi connectivity index (χ3n) is 5.95. The maximum atomic E-state index is 12.9. The Labute approximate surface area is 217 Å². The quantitative estimate of drug-likeness (QED) is 0.205. The SMILES string of the molecule is CCCCOc1ccc(C2C(C#N)=C(N)Oc3cc(OC(=O)c4ccccc4OCCC)ccc32)cc1. The van der Waals surface area contributed by atoms with E-state index in [1.807, 2.05) is 31.2 Å². The number of ether oxygens (including phenoxy) is 4. The van der Waals surface area contributed by atoms with Crippen molar-refractivity contribution in [2.75, 3.05) is 13.2 Å². The minimum Gasteiger partial charge on any atom is -0.494 e. The van der Waals surface area contributed by atoms with Gasteiger partial charge in [0.2, 0.25) is 5.88 Å². The van der Waals surface area contributed by atoms with Crippen LogP contribution < -0.4 is 24.7 Å². The lowest BCUT2D eigenvalue weighted by Gasteiger charge is -2.27. The average molecular weight is 499 g/mol. The number of allylic oxidation sites excluding steroid dienone is 1. The van der Waals surface area contributed by atoms with Crippen LogP contribution in [0, 0.1) is 11.3 Å². The molecule has 0 saturated carbocycles. The standard InChI is InChI=1S/C30H30N2O5/c1-3-5-17-34-21-12-10-20(11-13-21)28-23-15-14-22(18-27(23)37-29(32)25(28)19-31)36-30(33)24-8-6-7-9-26(24)35-16-4-2/h6-15,18,28H,3-5,16-17,32H2,1-2H3. The lowest BCUT2D eigenvalue weighted by molar-refractivity contribution is 0.0730. The molecule has 2 N–H and O–H groups in total. The molecule has 0 spiro atoms. The monoisotopic (exact) mass is 498 g/mol. The molecule has 0 bridgehead atoms. The van der Waals surface area contributed by atoms with E-state index in [1.165, 1.54) is 0 Å². The molecule has 1 heterocycles. The predicted octanol–water partition coefficient (Wildman–Crippen LogP) is 6.09. The van der Waals surface area contributed by atoms with E-state index in [0.29, 0.717) is 41.6 Å². The number of nitrogens with two attached hydrogens (primary N) is 1. The Kier molecular flexibility index (Phi) is 8.32. The molecule has 1 unspecified atom stereocenters. The van der Waals surface area contributed by atoms with Gasteiger partial charge in [-0.15, -0.1) is 0 Å². The van der Waals surface area contributed by atoms with Gasteiger partial charge in [-0.05, 0) is 48.7 Å². The number of fused-ring (bicyclic) bond motifs is 1. The first-order valence-corrected chi connectivity index (χ1v) is 12.4. The van der Waals surface area contributed by atoms with Crippen molar-refractivity contribution in [1.82, 2.24) is 0 Å². The van der Waals surface area contributed by atoms with Crippen LogP contribution in [0.2, 0.25) is 0 Å². The van der Waals surface area contributed by atoms with E-state index >= 15 is 0 Å². The van der Waals surface area contributed by atoms with Gasteiger partial charge in [0.15, 0.2) is 0 Å². The molecule has 190 valence electrons. The minimum atomic E-state index is -0.543. The van der Waals surface area contributed by atoms with Gasteiger partial charge in [-0.2, -0.15) is 5.26 Å². The Hall–Kier alpha value is -4.44. The highest BCUT2D eigenvalue weighted by Gasteiger charge is 2.31. The van der Waals surface area contributed by atoms with E-state index in [9.17, 15) is 10.1 Å². The fourth-order valence-corrected chi connectivity index (χ4v) is 4.07. The summed E-state index contributed by atoms with van der Waals surface area (Å²) < 4.78 is 22.9. The highest BCUT2D eigenvalue weighted by molar-refractivity contribution is 5.94. The van der Waals surface area contributed by atoms with Gasteiger partial charge in [0.05, 0.1) is 19.1 Å². The average Bonchev–Trinajstić information content (AvgIpc) is 2.91. The number of benzene rings is 3. The molecule has 0 aromatic heterocycles. The number of hydrogen-bond acceptors (Lipinski definition) is 7.